The number of nitrogens with two attached hydrogens (primary N) is 1. The van der Waals surface area contributed by atoms with Crippen LogP contribution in [-0.2, 0) is 0 Å². The molecule has 1 fully saturated rings. The number of urea groups is 1. The summed E-state index contributed by atoms with van der Waals surface area (Å²) in [7, 11) is 0. The minimum absolute atomic E-state index is 0.223. The number of hydrogen-bond acceptors (Lipinski definition) is 5. The van der Waals surface area contributed by atoms with Gasteiger partial charge in [-0.15, -0.1) is 0 Å². The first-order valence-corrected chi connectivity index (χ1v) is 11.2. The molecule has 8 nitrogen and oxygen atoms in total. The van der Waals surface area contributed by atoms with E-state index in [9.17, 15) is 18.4 Å². The standard InChI is InChI=1S/C25H22F2N6O2/c26-15-8-9-19(27)20(11-15)32-25(35)31-16-5-3-4-14(10-16)22(34)18-12-33(17-6-1-2-7-17)24-21(18)23(28)29-13-30-24/h3-5,8-13,17H,1-2,6-7H2,(H2,28,29,30)(H2,31,32,35). The number of ketones is 1. The third-order valence-corrected chi connectivity index (χ3v) is 6.16. The molecule has 35 heavy (non-hydrogen) atoms. The first-order valence-electron chi connectivity index (χ1n) is 11.2. The molecule has 10 heteroatoms. The average Bonchev–Trinajstić information content (AvgIpc) is 3.50. The van der Waals surface area contributed by atoms with Gasteiger partial charge in [0.2, 0.25) is 0 Å². The fourth-order valence-corrected chi connectivity index (χ4v) is 4.51. The van der Waals surface area contributed by atoms with E-state index in [1.165, 1.54) is 12.4 Å². The third kappa shape index (κ3) is 4.42. The van der Waals surface area contributed by atoms with Crippen molar-refractivity contribution in [1.29, 1.82) is 0 Å². The largest absolute Gasteiger partial charge is 0.383 e. The van der Waals surface area contributed by atoms with Crippen molar-refractivity contribution in [3.8, 4) is 0 Å². The molecule has 2 amide bonds. The predicted octanol–water partition coefficient (Wildman–Crippen LogP) is 5.28. The molecule has 0 bridgehead atoms. The zero-order valence-corrected chi connectivity index (χ0v) is 18.6. The molecule has 5 rings (SSSR count). The number of carbonyl (C=O) groups excluding carboxylic acids is 2. The molecule has 0 radical (unpaired) electrons. The van der Waals surface area contributed by atoms with E-state index in [0.717, 1.165) is 43.9 Å². The van der Waals surface area contributed by atoms with Gasteiger partial charge < -0.3 is 20.9 Å². The van der Waals surface area contributed by atoms with Gasteiger partial charge in [-0.05, 0) is 37.1 Å². The molecule has 0 saturated heterocycles. The van der Waals surface area contributed by atoms with E-state index in [-0.39, 0.29) is 23.3 Å². The second kappa shape index (κ2) is 9.13. The van der Waals surface area contributed by atoms with Gasteiger partial charge in [0.1, 0.15) is 29.4 Å². The Labute approximate surface area is 199 Å². The third-order valence-electron chi connectivity index (χ3n) is 6.16. The molecule has 178 valence electrons. The van der Waals surface area contributed by atoms with Crippen LogP contribution in [0, 0.1) is 11.6 Å². The minimum Gasteiger partial charge on any atom is -0.383 e. The van der Waals surface area contributed by atoms with E-state index in [1.54, 1.807) is 24.4 Å². The van der Waals surface area contributed by atoms with Crippen molar-refractivity contribution < 1.29 is 18.4 Å². The Morgan fingerprint density at radius 2 is 1.83 bits per heavy atom. The summed E-state index contributed by atoms with van der Waals surface area (Å²) >= 11 is 0. The van der Waals surface area contributed by atoms with Crippen LogP contribution in [0.25, 0.3) is 11.0 Å². The van der Waals surface area contributed by atoms with Gasteiger partial charge in [-0.3, -0.25) is 4.79 Å². The highest BCUT2D eigenvalue weighted by molar-refractivity contribution is 6.18. The molecule has 4 N–H and O–H groups in total. The number of halogens is 2. The molecule has 2 heterocycles. The number of rotatable bonds is 5. The van der Waals surface area contributed by atoms with Crippen LogP contribution < -0.4 is 16.4 Å². The molecule has 2 aromatic carbocycles. The second-order valence-corrected chi connectivity index (χ2v) is 8.46. The summed E-state index contributed by atoms with van der Waals surface area (Å²) in [6, 6.07) is 8.53. The molecule has 0 atom stereocenters. The van der Waals surface area contributed by atoms with Gasteiger partial charge >= 0.3 is 6.03 Å². The summed E-state index contributed by atoms with van der Waals surface area (Å²) in [5.74, 6) is -1.53. The summed E-state index contributed by atoms with van der Waals surface area (Å²) in [4.78, 5) is 34.3. The number of hydrogen-bond donors (Lipinski definition) is 3. The molecule has 0 unspecified atom stereocenters. The lowest BCUT2D eigenvalue weighted by Gasteiger charge is -2.12. The zero-order chi connectivity index (χ0) is 24.5. The molecule has 2 aromatic heterocycles. The number of fused-ring (bicyclic) bond motifs is 1. The number of carbonyl (C=O) groups is 2. The fraction of sp³-hybridized carbons (Fsp3) is 0.200. The van der Waals surface area contributed by atoms with E-state index in [0.29, 0.717) is 27.8 Å². The molecule has 1 aliphatic carbocycles. The average molecular weight is 476 g/mol. The van der Waals surface area contributed by atoms with E-state index in [2.05, 4.69) is 20.6 Å². The number of aromatic nitrogens is 3. The number of amides is 2. The van der Waals surface area contributed by atoms with E-state index >= 15 is 0 Å². The molecule has 4 aromatic rings. The van der Waals surface area contributed by atoms with Crippen molar-refractivity contribution in [1.82, 2.24) is 14.5 Å². The Kier molecular flexibility index (Phi) is 5.86. The molecule has 1 aliphatic rings. The van der Waals surface area contributed by atoms with Gasteiger partial charge in [0.05, 0.1) is 16.6 Å². The SMILES string of the molecule is Nc1ncnc2c1c(C(=O)c1cccc(NC(=O)Nc3cc(F)ccc3F)c1)cn2C1CCCC1. The van der Waals surface area contributed by atoms with Crippen LogP contribution in [-0.4, -0.2) is 26.3 Å². The van der Waals surface area contributed by atoms with Gasteiger partial charge in [-0.2, -0.15) is 0 Å². The van der Waals surface area contributed by atoms with Crippen molar-refractivity contribution in [3.05, 3.63) is 77.8 Å². The maximum atomic E-state index is 13.8. The highest BCUT2D eigenvalue weighted by atomic mass is 19.1. The first-order chi connectivity index (χ1) is 16.9. The van der Waals surface area contributed by atoms with Crippen molar-refractivity contribution in [2.75, 3.05) is 16.4 Å². The zero-order valence-electron chi connectivity index (χ0n) is 18.6. The van der Waals surface area contributed by atoms with Crippen molar-refractivity contribution >= 4 is 40.0 Å². The summed E-state index contributed by atoms with van der Waals surface area (Å²) in [5, 5.41) is 5.30. The lowest BCUT2D eigenvalue weighted by Crippen LogP contribution is -2.20. The molecular weight excluding hydrogens is 454 g/mol. The van der Waals surface area contributed by atoms with Crippen molar-refractivity contribution in [2.45, 2.75) is 31.7 Å². The van der Waals surface area contributed by atoms with Gasteiger partial charge in [0.25, 0.3) is 0 Å². The van der Waals surface area contributed by atoms with Gasteiger partial charge in [-0.25, -0.2) is 23.5 Å². The van der Waals surface area contributed by atoms with E-state index < -0.39 is 17.7 Å². The highest BCUT2D eigenvalue weighted by Gasteiger charge is 2.25. The van der Waals surface area contributed by atoms with Crippen LogP contribution in [0.4, 0.5) is 30.8 Å². The monoisotopic (exact) mass is 476 g/mol. The number of nitrogens with zero attached hydrogens (tertiary/aromatic N) is 3. The van der Waals surface area contributed by atoms with E-state index in [1.807, 2.05) is 4.57 Å². The Bertz CT molecular complexity index is 1450. The second-order valence-electron chi connectivity index (χ2n) is 8.46. The maximum absolute atomic E-state index is 13.8. The quantitative estimate of drug-likeness (QED) is 0.339. The summed E-state index contributed by atoms with van der Waals surface area (Å²) in [5.41, 5.74) is 7.46. The van der Waals surface area contributed by atoms with Crippen LogP contribution in [0.1, 0.15) is 47.6 Å². The normalized spacial score (nSPS) is 13.8. The number of nitrogens with one attached hydrogen (secondary N) is 2. The van der Waals surface area contributed by atoms with Gasteiger partial charge in [0.15, 0.2) is 5.78 Å². The summed E-state index contributed by atoms with van der Waals surface area (Å²) in [6.45, 7) is 0. The Morgan fingerprint density at radius 3 is 2.63 bits per heavy atom. The van der Waals surface area contributed by atoms with Crippen LogP contribution >= 0.6 is 0 Å². The van der Waals surface area contributed by atoms with Crippen LogP contribution in [0.15, 0.2) is 55.0 Å². The van der Waals surface area contributed by atoms with Gasteiger partial charge in [0, 0.05) is 29.6 Å². The number of benzene rings is 2. The smallest absolute Gasteiger partial charge is 0.323 e. The van der Waals surface area contributed by atoms with Crippen LogP contribution in [0.3, 0.4) is 0 Å². The highest BCUT2D eigenvalue weighted by Crippen LogP contribution is 2.35. The Hall–Kier alpha value is -4.34. The molecular formula is C25H22F2N6O2. The Morgan fingerprint density at radius 1 is 1.03 bits per heavy atom. The molecule has 0 aliphatic heterocycles. The van der Waals surface area contributed by atoms with Crippen LogP contribution in [0.2, 0.25) is 0 Å². The molecule has 0 spiro atoms. The summed E-state index contributed by atoms with van der Waals surface area (Å²) in [6.07, 6.45) is 7.41. The maximum Gasteiger partial charge on any atom is 0.323 e. The topological polar surface area (TPSA) is 115 Å². The number of nitrogen functional groups attached to an aromatic ring is 1. The first kappa shape index (κ1) is 22.5. The predicted molar refractivity (Wildman–Crippen MR) is 128 cm³/mol. The van der Waals surface area contributed by atoms with Crippen LogP contribution in [0.5, 0.6) is 0 Å². The lowest BCUT2D eigenvalue weighted by molar-refractivity contribution is 0.104. The van der Waals surface area contributed by atoms with Crippen molar-refractivity contribution in [3.63, 3.8) is 0 Å². The van der Waals surface area contributed by atoms with E-state index in [4.69, 9.17) is 5.73 Å². The fourth-order valence-electron chi connectivity index (χ4n) is 4.51. The lowest BCUT2D eigenvalue weighted by atomic mass is 10.0. The number of anilines is 3. The van der Waals surface area contributed by atoms with Gasteiger partial charge in [-0.1, -0.05) is 25.0 Å². The summed E-state index contributed by atoms with van der Waals surface area (Å²) < 4.78 is 29.2. The minimum atomic E-state index is -0.783. The Balaban J connectivity index is 1.42. The van der Waals surface area contributed by atoms with Crippen molar-refractivity contribution in [2.24, 2.45) is 0 Å². The molecule has 1 saturated carbocycles.